The van der Waals surface area contributed by atoms with Gasteiger partial charge >= 0.3 is 0 Å². The molecule has 186 valence electrons. The second-order valence-corrected chi connectivity index (χ2v) is 9.70. The number of carbonyl (C=O) groups is 1. The molecule has 2 aromatic heterocycles. The predicted molar refractivity (Wildman–Crippen MR) is 144 cm³/mol. The van der Waals surface area contributed by atoms with Gasteiger partial charge in [0, 0.05) is 10.6 Å². The van der Waals surface area contributed by atoms with Crippen LogP contribution in [0, 0.1) is 6.92 Å². The van der Waals surface area contributed by atoms with Crippen molar-refractivity contribution in [3.05, 3.63) is 64.4 Å². The van der Waals surface area contributed by atoms with Crippen LogP contribution in [0.1, 0.15) is 25.6 Å². The molecular weight excluding hydrogens is 497 g/mol. The third kappa shape index (κ3) is 4.57. The molecule has 0 unspecified atom stereocenters. The van der Waals surface area contributed by atoms with Crippen molar-refractivity contribution in [2.45, 2.75) is 32.2 Å². The highest BCUT2D eigenvalue weighted by Crippen LogP contribution is 2.38. The van der Waals surface area contributed by atoms with Gasteiger partial charge in [-0.15, -0.1) is 0 Å². The first-order valence-electron chi connectivity index (χ1n) is 12.0. The maximum Gasteiger partial charge on any atom is 0.247 e. The fourth-order valence-corrected chi connectivity index (χ4v) is 5.09. The number of nitrogens with zero attached hydrogens (tertiary/aromatic N) is 4. The van der Waals surface area contributed by atoms with E-state index in [0.29, 0.717) is 52.5 Å². The number of anilines is 1. The Morgan fingerprint density at radius 3 is 2.50 bits per heavy atom. The van der Waals surface area contributed by atoms with Crippen molar-refractivity contribution in [1.82, 2.24) is 30.2 Å². The Bertz CT molecular complexity index is 1410. The first-order valence-corrected chi connectivity index (χ1v) is 12.7. The molecule has 0 radical (unpaired) electrons. The zero-order chi connectivity index (χ0) is 25.3. The zero-order valence-corrected chi connectivity index (χ0v) is 21.6. The summed E-state index contributed by atoms with van der Waals surface area (Å²) in [5, 5.41) is 15.9. The number of hydrogen-bond donors (Lipinski definition) is 3. The van der Waals surface area contributed by atoms with Gasteiger partial charge in [0.15, 0.2) is 5.65 Å². The van der Waals surface area contributed by atoms with E-state index in [1.807, 2.05) is 55.5 Å². The fraction of sp³-hybridized carbons (Fsp3) is 0.308. The number of nitrogens with one attached hydrogen (secondary N) is 3. The Hall–Kier alpha value is -3.04. The van der Waals surface area contributed by atoms with Crippen LogP contribution in [0.2, 0.25) is 10.0 Å². The molecule has 5 rings (SSSR count). The SMILES string of the molecule is CCNC1(C(=O)Nc2nc(C)nc3c(-c4ccc(Cl)cc4)c(-c4ccccc4Cl)nn23)CCNCC1. The van der Waals surface area contributed by atoms with E-state index >= 15 is 0 Å². The standard InChI is InChI=1S/C26H27Cl2N7O/c1-3-30-26(12-14-29-15-13-26)24(36)33-25-32-16(2)31-23-21(17-8-10-18(27)11-9-17)22(34-35(23)25)19-6-4-5-7-20(19)28/h4-11,29-30H,3,12-15H2,1-2H3,(H,31,32,33,36). The van der Waals surface area contributed by atoms with Crippen molar-refractivity contribution in [2.75, 3.05) is 25.0 Å². The summed E-state index contributed by atoms with van der Waals surface area (Å²) in [4.78, 5) is 22.9. The summed E-state index contributed by atoms with van der Waals surface area (Å²) in [6, 6.07) is 15.0. The number of piperidine rings is 1. The summed E-state index contributed by atoms with van der Waals surface area (Å²) in [6.45, 7) is 6.01. The summed E-state index contributed by atoms with van der Waals surface area (Å²) >= 11 is 12.8. The summed E-state index contributed by atoms with van der Waals surface area (Å²) in [5.41, 5.74) is 2.95. The van der Waals surface area contributed by atoms with Crippen LogP contribution in [-0.4, -0.2) is 50.7 Å². The topological polar surface area (TPSA) is 96.2 Å². The molecule has 1 aliphatic rings. The molecule has 3 N–H and O–H groups in total. The van der Waals surface area contributed by atoms with Crippen molar-refractivity contribution in [1.29, 1.82) is 0 Å². The van der Waals surface area contributed by atoms with Crippen LogP contribution in [-0.2, 0) is 4.79 Å². The smallest absolute Gasteiger partial charge is 0.247 e. The third-order valence-corrected chi connectivity index (χ3v) is 7.07. The lowest BCUT2D eigenvalue weighted by atomic mass is 9.87. The van der Waals surface area contributed by atoms with E-state index in [1.54, 1.807) is 11.4 Å². The van der Waals surface area contributed by atoms with Gasteiger partial charge in [0.05, 0.1) is 10.6 Å². The molecule has 2 aromatic carbocycles. The number of rotatable bonds is 6. The molecule has 1 saturated heterocycles. The minimum Gasteiger partial charge on any atom is -0.317 e. The quantitative estimate of drug-likeness (QED) is 0.337. The van der Waals surface area contributed by atoms with Crippen LogP contribution < -0.4 is 16.0 Å². The van der Waals surface area contributed by atoms with Crippen molar-refractivity contribution in [3.8, 4) is 22.4 Å². The molecule has 3 heterocycles. The van der Waals surface area contributed by atoms with E-state index in [0.717, 1.165) is 29.8 Å². The van der Waals surface area contributed by atoms with Crippen LogP contribution >= 0.6 is 23.2 Å². The molecule has 8 nitrogen and oxygen atoms in total. The van der Waals surface area contributed by atoms with Crippen LogP contribution in [0.3, 0.4) is 0 Å². The Balaban J connectivity index is 1.68. The molecule has 36 heavy (non-hydrogen) atoms. The lowest BCUT2D eigenvalue weighted by molar-refractivity contribution is -0.123. The minimum atomic E-state index is -0.678. The van der Waals surface area contributed by atoms with E-state index in [2.05, 4.69) is 20.9 Å². The number of benzene rings is 2. The van der Waals surface area contributed by atoms with Gasteiger partial charge in [0.1, 0.15) is 17.1 Å². The highest BCUT2D eigenvalue weighted by Gasteiger charge is 2.39. The van der Waals surface area contributed by atoms with Gasteiger partial charge in [0.2, 0.25) is 11.9 Å². The second-order valence-electron chi connectivity index (χ2n) is 8.86. The summed E-state index contributed by atoms with van der Waals surface area (Å²) in [5.74, 6) is 0.696. The third-order valence-electron chi connectivity index (χ3n) is 6.49. The largest absolute Gasteiger partial charge is 0.317 e. The van der Waals surface area contributed by atoms with Gasteiger partial charge in [0.25, 0.3) is 0 Å². The highest BCUT2D eigenvalue weighted by molar-refractivity contribution is 6.33. The Morgan fingerprint density at radius 1 is 1.08 bits per heavy atom. The lowest BCUT2D eigenvalue weighted by Gasteiger charge is -2.36. The van der Waals surface area contributed by atoms with Gasteiger partial charge in [-0.2, -0.15) is 14.6 Å². The minimum absolute atomic E-state index is 0.131. The summed E-state index contributed by atoms with van der Waals surface area (Å²) in [7, 11) is 0. The number of hydrogen-bond acceptors (Lipinski definition) is 6. The Labute approximate surface area is 219 Å². The molecule has 1 amide bonds. The number of carbonyl (C=O) groups excluding carboxylic acids is 1. The first kappa shape index (κ1) is 24.6. The molecular formula is C26H27Cl2N7O. The van der Waals surface area contributed by atoms with E-state index in [-0.39, 0.29) is 5.91 Å². The summed E-state index contributed by atoms with van der Waals surface area (Å²) in [6.07, 6.45) is 1.36. The van der Waals surface area contributed by atoms with Crippen LogP contribution in [0.4, 0.5) is 5.95 Å². The Kier molecular flexibility index (Phi) is 6.94. The average molecular weight is 524 g/mol. The van der Waals surface area contributed by atoms with E-state index in [9.17, 15) is 4.79 Å². The Morgan fingerprint density at radius 2 is 1.81 bits per heavy atom. The van der Waals surface area contributed by atoms with Crippen molar-refractivity contribution in [2.24, 2.45) is 0 Å². The average Bonchev–Trinajstić information content (AvgIpc) is 3.24. The maximum absolute atomic E-state index is 13.6. The van der Waals surface area contributed by atoms with Gasteiger partial charge in [-0.25, -0.2) is 4.98 Å². The number of likely N-dealkylation sites (N-methyl/N-ethyl adjacent to an activating group) is 1. The molecule has 1 fully saturated rings. The fourth-order valence-electron chi connectivity index (χ4n) is 4.74. The van der Waals surface area contributed by atoms with Crippen LogP contribution in [0.5, 0.6) is 0 Å². The van der Waals surface area contributed by atoms with Gasteiger partial charge < -0.3 is 10.6 Å². The van der Waals surface area contributed by atoms with E-state index in [1.165, 1.54) is 0 Å². The predicted octanol–water partition coefficient (Wildman–Crippen LogP) is 4.74. The van der Waals surface area contributed by atoms with Crippen LogP contribution in [0.15, 0.2) is 48.5 Å². The number of fused-ring (bicyclic) bond motifs is 1. The van der Waals surface area contributed by atoms with Gasteiger partial charge in [-0.3, -0.25) is 10.1 Å². The van der Waals surface area contributed by atoms with Crippen molar-refractivity contribution < 1.29 is 4.79 Å². The van der Waals surface area contributed by atoms with Crippen molar-refractivity contribution >= 4 is 40.7 Å². The number of amides is 1. The lowest BCUT2D eigenvalue weighted by Crippen LogP contribution is -2.59. The van der Waals surface area contributed by atoms with Crippen LogP contribution in [0.25, 0.3) is 28.0 Å². The first-order chi connectivity index (χ1) is 17.4. The van der Waals surface area contributed by atoms with Gasteiger partial charge in [-0.1, -0.05) is 60.5 Å². The molecule has 0 bridgehead atoms. The van der Waals surface area contributed by atoms with E-state index in [4.69, 9.17) is 33.3 Å². The molecule has 1 aliphatic heterocycles. The molecule has 0 saturated carbocycles. The van der Waals surface area contributed by atoms with Crippen molar-refractivity contribution in [3.63, 3.8) is 0 Å². The number of halogens is 2. The molecule has 0 aliphatic carbocycles. The second kappa shape index (κ2) is 10.1. The monoisotopic (exact) mass is 523 g/mol. The summed E-state index contributed by atoms with van der Waals surface area (Å²) < 4.78 is 1.59. The number of aromatic nitrogens is 4. The molecule has 10 heteroatoms. The zero-order valence-electron chi connectivity index (χ0n) is 20.1. The normalized spacial score (nSPS) is 15.2. The highest BCUT2D eigenvalue weighted by atomic mass is 35.5. The molecule has 0 atom stereocenters. The molecule has 4 aromatic rings. The molecule has 0 spiro atoms. The maximum atomic E-state index is 13.6. The van der Waals surface area contributed by atoms with Gasteiger partial charge in [-0.05, 0) is 63.2 Å². The number of aryl methyl sites for hydroxylation is 1. The van der Waals surface area contributed by atoms with E-state index < -0.39 is 5.54 Å².